The molecule has 150 valence electrons. The number of para-hydroxylation sites is 1. The minimum Gasteiger partial charge on any atom is -0.353 e. The Bertz CT molecular complexity index is 1170. The summed E-state index contributed by atoms with van der Waals surface area (Å²) < 4.78 is 1.57. The number of anilines is 1. The van der Waals surface area contributed by atoms with Crippen LogP contribution in [0.25, 0.3) is 5.69 Å². The molecule has 0 saturated heterocycles. The monoisotopic (exact) mass is 416 g/mol. The molecule has 4 N–H and O–H groups in total. The second-order valence-corrected chi connectivity index (χ2v) is 6.35. The maximum atomic E-state index is 12.2. The van der Waals surface area contributed by atoms with Gasteiger partial charge in [-0.2, -0.15) is 10.2 Å². The van der Waals surface area contributed by atoms with Crippen LogP contribution in [0.3, 0.4) is 0 Å². The van der Waals surface area contributed by atoms with Crippen LogP contribution < -0.4 is 22.0 Å². The SMILES string of the molecule is Cc1nn(-c2ccccc2)c(Cl)c1/C=N\NC(=O)[C@H](C)Nc1n[nH]c(=O)[nH]c1=O. The number of rotatable bonds is 6. The van der Waals surface area contributed by atoms with Gasteiger partial charge in [0, 0.05) is 0 Å². The van der Waals surface area contributed by atoms with Crippen LogP contribution in [0.1, 0.15) is 18.2 Å². The van der Waals surface area contributed by atoms with Crippen LogP contribution >= 0.6 is 11.6 Å². The summed E-state index contributed by atoms with van der Waals surface area (Å²) >= 11 is 6.39. The number of carbonyl (C=O) groups is 1. The van der Waals surface area contributed by atoms with Gasteiger partial charge in [0.15, 0.2) is 0 Å². The topological polar surface area (TPSA) is 150 Å². The van der Waals surface area contributed by atoms with Gasteiger partial charge >= 0.3 is 5.69 Å². The van der Waals surface area contributed by atoms with Crippen LogP contribution in [-0.2, 0) is 4.79 Å². The first kappa shape index (κ1) is 20.0. The number of aryl methyl sites for hydroxylation is 1. The van der Waals surface area contributed by atoms with Crippen LogP contribution in [0.5, 0.6) is 0 Å². The Balaban J connectivity index is 1.68. The second kappa shape index (κ2) is 8.52. The Morgan fingerprint density at radius 2 is 2.03 bits per heavy atom. The first-order chi connectivity index (χ1) is 13.9. The van der Waals surface area contributed by atoms with Crippen LogP contribution in [0, 0.1) is 6.92 Å². The summed E-state index contributed by atoms with van der Waals surface area (Å²) in [7, 11) is 0. The van der Waals surface area contributed by atoms with E-state index in [4.69, 9.17) is 11.6 Å². The molecule has 2 heterocycles. The number of carbonyl (C=O) groups excluding carboxylic acids is 1. The van der Waals surface area contributed by atoms with Gasteiger partial charge in [0.05, 0.1) is 23.2 Å². The Kier molecular flexibility index (Phi) is 5.88. The third-order valence-corrected chi connectivity index (χ3v) is 4.24. The van der Waals surface area contributed by atoms with Gasteiger partial charge in [0.2, 0.25) is 5.82 Å². The minimum absolute atomic E-state index is 0.195. The molecule has 2 aromatic heterocycles. The van der Waals surface area contributed by atoms with E-state index in [2.05, 4.69) is 31.1 Å². The molecular weight excluding hydrogens is 400 g/mol. The van der Waals surface area contributed by atoms with Crippen molar-refractivity contribution in [2.75, 3.05) is 5.32 Å². The van der Waals surface area contributed by atoms with Crippen molar-refractivity contribution in [3.63, 3.8) is 0 Å². The molecule has 0 fully saturated rings. The fourth-order valence-corrected chi connectivity index (χ4v) is 2.69. The summed E-state index contributed by atoms with van der Waals surface area (Å²) in [5.41, 5.74) is 2.83. The molecule has 0 aliphatic rings. The summed E-state index contributed by atoms with van der Waals surface area (Å²) in [6, 6.07) is 8.50. The smallest absolute Gasteiger partial charge is 0.342 e. The summed E-state index contributed by atoms with van der Waals surface area (Å²) in [5.74, 6) is -0.725. The Morgan fingerprint density at radius 3 is 2.72 bits per heavy atom. The molecule has 0 bridgehead atoms. The molecule has 29 heavy (non-hydrogen) atoms. The number of benzene rings is 1. The maximum absolute atomic E-state index is 12.2. The zero-order valence-electron chi connectivity index (χ0n) is 15.4. The lowest BCUT2D eigenvalue weighted by Crippen LogP contribution is -2.38. The minimum atomic E-state index is -0.852. The maximum Gasteiger partial charge on any atom is 0.342 e. The average Bonchev–Trinajstić information content (AvgIpc) is 2.98. The number of halogens is 1. The normalized spacial score (nSPS) is 12.1. The fourth-order valence-electron chi connectivity index (χ4n) is 2.37. The van der Waals surface area contributed by atoms with Crippen LogP contribution in [-0.4, -0.2) is 43.1 Å². The zero-order valence-corrected chi connectivity index (χ0v) is 16.2. The Labute approximate surface area is 168 Å². The molecule has 3 rings (SSSR count). The Hall–Kier alpha value is -3.73. The predicted octanol–water partition coefficient (Wildman–Crippen LogP) is 0.556. The summed E-state index contributed by atoms with van der Waals surface area (Å²) in [6.45, 7) is 3.27. The van der Waals surface area contributed by atoms with E-state index >= 15 is 0 Å². The number of hydrogen-bond acceptors (Lipinski definition) is 7. The van der Waals surface area contributed by atoms with Crippen molar-refractivity contribution in [2.24, 2.45) is 5.10 Å². The van der Waals surface area contributed by atoms with Crippen molar-refractivity contribution < 1.29 is 4.79 Å². The first-order valence-electron chi connectivity index (χ1n) is 8.46. The van der Waals surface area contributed by atoms with Crippen molar-refractivity contribution in [3.05, 3.63) is 67.6 Å². The molecule has 1 amide bonds. The summed E-state index contributed by atoms with van der Waals surface area (Å²) in [4.78, 5) is 36.7. The molecule has 1 atom stereocenters. The highest BCUT2D eigenvalue weighted by molar-refractivity contribution is 6.32. The highest BCUT2D eigenvalue weighted by atomic mass is 35.5. The van der Waals surface area contributed by atoms with Gasteiger partial charge in [-0.25, -0.2) is 20.0 Å². The zero-order chi connectivity index (χ0) is 21.0. The second-order valence-electron chi connectivity index (χ2n) is 5.99. The lowest BCUT2D eigenvalue weighted by atomic mass is 10.3. The van der Waals surface area contributed by atoms with E-state index in [1.54, 1.807) is 11.6 Å². The van der Waals surface area contributed by atoms with E-state index in [1.165, 1.54) is 13.1 Å². The molecule has 0 spiro atoms. The van der Waals surface area contributed by atoms with Gasteiger partial charge in [-0.1, -0.05) is 29.8 Å². The standard InChI is InChI=1S/C17H17ClN8O3/c1-9-12(13(18)26(25-9)11-6-4-3-5-7-11)8-19-23-15(27)10(2)20-14-16(28)21-17(29)24-22-14/h3-8,10H,1-2H3,(H,20,22)(H,23,27)(H2,21,24,28,29)/b19-8-/t10-/m0/s1. The number of nitrogens with one attached hydrogen (secondary N) is 4. The van der Waals surface area contributed by atoms with Crippen LogP contribution in [0.2, 0.25) is 5.15 Å². The summed E-state index contributed by atoms with van der Waals surface area (Å²) in [6.07, 6.45) is 1.39. The number of aromatic amines is 2. The van der Waals surface area contributed by atoms with Crippen molar-refractivity contribution in [2.45, 2.75) is 19.9 Å². The lowest BCUT2D eigenvalue weighted by Gasteiger charge is -2.11. The number of aromatic nitrogens is 5. The average molecular weight is 417 g/mol. The summed E-state index contributed by atoms with van der Waals surface area (Å²) in [5, 5.41) is 16.8. The Morgan fingerprint density at radius 1 is 1.31 bits per heavy atom. The molecule has 0 aliphatic heterocycles. The largest absolute Gasteiger partial charge is 0.353 e. The van der Waals surface area contributed by atoms with E-state index in [-0.39, 0.29) is 5.82 Å². The van der Waals surface area contributed by atoms with Gasteiger partial charge < -0.3 is 5.32 Å². The van der Waals surface area contributed by atoms with Gasteiger partial charge in [-0.15, -0.1) is 5.10 Å². The molecule has 3 aromatic rings. The highest BCUT2D eigenvalue weighted by Gasteiger charge is 2.16. The molecule has 12 heteroatoms. The van der Waals surface area contributed by atoms with E-state index < -0.39 is 23.2 Å². The number of nitrogens with zero attached hydrogens (tertiary/aromatic N) is 4. The third kappa shape index (κ3) is 4.58. The lowest BCUT2D eigenvalue weighted by molar-refractivity contribution is -0.121. The number of hydrazone groups is 1. The molecule has 0 saturated carbocycles. The highest BCUT2D eigenvalue weighted by Crippen LogP contribution is 2.21. The van der Waals surface area contributed by atoms with Gasteiger partial charge in [-0.3, -0.25) is 14.6 Å². The predicted molar refractivity (Wildman–Crippen MR) is 108 cm³/mol. The molecular formula is C17H17ClN8O3. The first-order valence-corrected chi connectivity index (χ1v) is 8.83. The number of amides is 1. The molecule has 0 unspecified atom stereocenters. The van der Waals surface area contributed by atoms with E-state index in [9.17, 15) is 14.4 Å². The van der Waals surface area contributed by atoms with E-state index in [0.29, 0.717) is 16.4 Å². The van der Waals surface area contributed by atoms with Crippen LogP contribution in [0.4, 0.5) is 5.82 Å². The van der Waals surface area contributed by atoms with Gasteiger partial charge in [0.25, 0.3) is 11.5 Å². The third-order valence-electron chi connectivity index (χ3n) is 3.88. The number of H-pyrrole nitrogens is 2. The molecule has 0 radical (unpaired) electrons. The van der Waals surface area contributed by atoms with Crippen molar-refractivity contribution in [1.82, 2.24) is 30.4 Å². The van der Waals surface area contributed by atoms with Crippen molar-refractivity contribution in [3.8, 4) is 5.69 Å². The fraction of sp³-hybridized carbons (Fsp3) is 0.176. The number of hydrogen-bond donors (Lipinski definition) is 4. The molecule has 1 aromatic carbocycles. The van der Waals surface area contributed by atoms with Crippen LogP contribution in [0.15, 0.2) is 45.0 Å². The van der Waals surface area contributed by atoms with E-state index in [1.807, 2.05) is 35.3 Å². The molecule has 11 nitrogen and oxygen atoms in total. The molecule has 0 aliphatic carbocycles. The van der Waals surface area contributed by atoms with E-state index in [0.717, 1.165) is 5.69 Å². The van der Waals surface area contributed by atoms with Crippen molar-refractivity contribution in [1.29, 1.82) is 0 Å². The quantitative estimate of drug-likeness (QED) is 0.340. The van der Waals surface area contributed by atoms with Gasteiger partial charge in [-0.05, 0) is 26.0 Å². The van der Waals surface area contributed by atoms with Gasteiger partial charge in [0.1, 0.15) is 11.2 Å². The van der Waals surface area contributed by atoms with Crippen molar-refractivity contribution >= 4 is 29.5 Å².